The van der Waals surface area contributed by atoms with Gasteiger partial charge in [0, 0.05) is 0 Å². The number of ether oxygens (including phenoxy) is 1. The van der Waals surface area contributed by atoms with Gasteiger partial charge < -0.3 is 0 Å². The molecule has 1 radical (unpaired) electrons. The van der Waals surface area contributed by atoms with E-state index in [1.807, 2.05) is 0 Å². The van der Waals surface area contributed by atoms with Crippen molar-refractivity contribution in [2.24, 2.45) is 0 Å². The first-order valence-corrected chi connectivity index (χ1v) is 2.19. The van der Waals surface area contributed by atoms with Gasteiger partial charge in [0.15, 0.2) is 0 Å². The molecule has 9 heteroatoms. The largest absolute Gasteiger partial charge is 0.527 e. The fraction of sp³-hybridized carbons (Fsp3) is 1.00. The normalized spacial score (nSPS) is 19.0. The van der Waals surface area contributed by atoms with Crippen LogP contribution < -0.4 is 0 Å². The molecule has 0 fully saturated rings. The zero-order valence-electron chi connectivity index (χ0n) is 4.96. The molecule has 0 aromatic heterocycles. The van der Waals surface area contributed by atoms with Crippen molar-refractivity contribution >= 4 is 0 Å². The van der Waals surface area contributed by atoms with Crippen LogP contribution in [0.5, 0.6) is 0 Å². The van der Waals surface area contributed by atoms with E-state index in [4.69, 9.17) is 0 Å². The van der Waals surface area contributed by atoms with Gasteiger partial charge in [0.05, 0.1) is 0 Å². The van der Waals surface area contributed by atoms with Crippen LogP contribution in [-0.4, -0.2) is 18.6 Å². The Bertz CT molecular complexity index is 155. The lowest BCUT2D eigenvalue weighted by Gasteiger charge is -2.20. The van der Waals surface area contributed by atoms with Crippen molar-refractivity contribution in [1.29, 1.82) is 0 Å². The van der Waals surface area contributed by atoms with Crippen LogP contribution in [0.1, 0.15) is 0 Å². The van der Waals surface area contributed by atoms with E-state index in [-0.39, 0.29) is 0 Å². The smallest absolute Gasteiger partial charge is 0.220 e. The first-order chi connectivity index (χ1) is 4.96. The lowest BCUT2D eigenvalue weighted by molar-refractivity contribution is -0.522. The lowest BCUT2D eigenvalue weighted by atomic mass is 10.6. The van der Waals surface area contributed by atoms with Gasteiger partial charge in [0.2, 0.25) is 0 Å². The highest BCUT2D eigenvalue weighted by molar-refractivity contribution is 4.63. The van der Waals surface area contributed by atoms with E-state index in [2.05, 4.69) is 0 Å². The summed E-state index contributed by atoms with van der Waals surface area (Å²) in [6, 6.07) is -5.95. The van der Waals surface area contributed by atoms with Crippen molar-refractivity contribution in [3.05, 3.63) is 0 Å². The minimum atomic E-state index is -6.26. The van der Waals surface area contributed by atoms with Crippen molar-refractivity contribution in [2.45, 2.75) is 18.6 Å². The lowest BCUT2D eigenvalue weighted by Crippen LogP contribution is -2.45. The van der Waals surface area contributed by atoms with Crippen LogP contribution in [-0.2, 0) is 9.84 Å². The molecule has 0 aliphatic carbocycles. The third-order valence-electron chi connectivity index (χ3n) is 0.586. The Morgan fingerprint density at radius 1 is 0.833 bits per heavy atom. The molecule has 0 aliphatic rings. The molecule has 73 valence electrons. The summed E-state index contributed by atoms with van der Waals surface area (Å²) in [6.45, 7) is 0. The fourth-order valence-corrected chi connectivity index (χ4v) is 0.207. The second-order valence-corrected chi connectivity index (χ2v) is 1.58. The Morgan fingerprint density at radius 3 is 1.25 bits per heavy atom. The fourth-order valence-electron chi connectivity index (χ4n) is 0.207. The first-order valence-electron chi connectivity index (χ1n) is 2.19. The molecule has 0 bridgehead atoms. The number of alkyl halides is 7. The average Bonchev–Trinajstić information content (AvgIpc) is 1.52. The molecule has 0 saturated heterocycles. The van der Waals surface area contributed by atoms with E-state index in [0.717, 1.165) is 0 Å². The Hall–Kier alpha value is -0.570. The maximum absolute atomic E-state index is 11.5. The summed E-state index contributed by atoms with van der Waals surface area (Å²) >= 11 is 0. The summed E-state index contributed by atoms with van der Waals surface area (Å²) in [4.78, 5) is 0. The van der Waals surface area contributed by atoms with Gasteiger partial charge in [-0.05, 0) is 0 Å². The van der Waals surface area contributed by atoms with E-state index in [9.17, 15) is 35.8 Å². The summed E-state index contributed by atoms with van der Waals surface area (Å²) in [7, 11) is 0. The van der Waals surface area contributed by atoms with Gasteiger partial charge in [0.25, 0.3) is 0 Å². The summed E-state index contributed by atoms with van der Waals surface area (Å²) in [5, 5.41) is 9.41. The van der Waals surface area contributed by atoms with Gasteiger partial charge >= 0.3 is 18.6 Å². The summed E-state index contributed by atoms with van der Waals surface area (Å²) in [6.07, 6.45) is -12.2. The molecule has 0 heterocycles. The molecular weight excluding hydrogens is 201 g/mol. The summed E-state index contributed by atoms with van der Waals surface area (Å²) in [5.74, 6) is 0. The molecule has 0 aromatic rings. The molecule has 0 spiro atoms. The van der Waals surface area contributed by atoms with E-state index in [1.54, 1.807) is 4.74 Å². The minimum absolute atomic E-state index is 1.64. The quantitative estimate of drug-likeness (QED) is 0.472. The Kier molecular flexibility index (Phi) is 2.60. The van der Waals surface area contributed by atoms with E-state index in [0.29, 0.717) is 0 Å². The monoisotopic (exact) mass is 201 g/mol. The van der Waals surface area contributed by atoms with E-state index >= 15 is 0 Å². The molecule has 1 unspecified atom stereocenters. The zero-order valence-corrected chi connectivity index (χ0v) is 4.96. The van der Waals surface area contributed by atoms with Crippen molar-refractivity contribution < 1.29 is 40.6 Å². The van der Waals surface area contributed by atoms with Gasteiger partial charge in [-0.25, -0.2) is 4.74 Å². The van der Waals surface area contributed by atoms with Gasteiger partial charge in [-0.1, -0.05) is 0 Å². The average molecular weight is 201 g/mol. The number of halogens is 7. The Balaban J connectivity index is 4.44. The number of hydrogen-bond acceptors (Lipinski definition) is 1. The predicted octanol–water partition coefficient (Wildman–Crippen LogP) is 2.14. The van der Waals surface area contributed by atoms with Crippen LogP contribution >= 0.6 is 0 Å². The third kappa shape index (κ3) is 3.22. The van der Waals surface area contributed by atoms with Gasteiger partial charge in [0.1, 0.15) is 0 Å². The molecule has 0 saturated carbocycles. The van der Waals surface area contributed by atoms with Crippen LogP contribution in [0.3, 0.4) is 0 Å². The molecule has 0 N–H and O–H groups in total. The Morgan fingerprint density at radius 2 is 1.17 bits per heavy atom. The molecule has 0 rings (SSSR count). The second kappa shape index (κ2) is 2.73. The van der Waals surface area contributed by atoms with Crippen molar-refractivity contribution in [2.75, 3.05) is 0 Å². The standard InChI is InChI=1S/C3F7O2/c4-1(5,6)2(7,11)12-3(8,9)10. The second-order valence-electron chi connectivity index (χ2n) is 1.58. The Labute approximate surface area is 60.5 Å². The highest BCUT2D eigenvalue weighted by Gasteiger charge is 2.64. The number of rotatable bonds is 1. The van der Waals surface area contributed by atoms with Gasteiger partial charge in [-0.2, -0.15) is 22.7 Å². The number of hydrogen-bond donors (Lipinski definition) is 0. The topological polar surface area (TPSA) is 29.1 Å². The van der Waals surface area contributed by atoms with Crippen LogP contribution in [0.15, 0.2) is 0 Å². The third-order valence-corrected chi connectivity index (χ3v) is 0.586. The maximum Gasteiger partial charge on any atom is 0.527 e. The van der Waals surface area contributed by atoms with E-state index in [1.165, 1.54) is 0 Å². The molecule has 2 nitrogen and oxygen atoms in total. The van der Waals surface area contributed by atoms with Crippen LogP contribution in [0.25, 0.3) is 0 Å². The maximum atomic E-state index is 11.5. The van der Waals surface area contributed by atoms with Gasteiger partial charge in [-0.15, -0.1) is 13.2 Å². The first kappa shape index (κ1) is 11.4. The van der Waals surface area contributed by atoms with Crippen LogP contribution in [0, 0.1) is 0 Å². The summed E-state index contributed by atoms with van der Waals surface area (Å²) < 4.78 is 79.0. The van der Waals surface area contributed by atoms with Crippen molar-refractivity contribution in [3.8, 4) is 0 Å². The van der Waals surface area contributed by atoms with Crippen LogP contribution in [0.4, 0.5) is 30.7 Å². The van der Waals surface area contributed by atoms with Gasteiger partial charge in [-0.3, -0.25) is 0 Å². The molecule has 12 heavy (non-hydrogen) atoms. The molecular formula is C3F7O2. The molecule has 0 aliphatic heterocycles. The highest BCUT2D eigenvalue weighted by Crippen LogP contribution is 2.37. The highest BCUT2D eigenvalue weighted by atomic mass is 19.4. The van der Waals surface area contributed by atoms with E-state index < -0.39 is 18.6 Å². The van der Waals surface area contributed by atoms with Crippen molar-refractivity contribution in [1.82, 2.24) is 0 Å². The molecule has 0 aromatic carbocycles. The van der Waals surface area contributed by atoms with Crippen molar-refractivity contribution in [3.63, 3.8) is 0 Å². The summed E-state index contributed by atoms with van der Waals surface area (Å²) in [5.41, 5.74) is 0. The molecule has 0 amide bonds. The SMILES string of the molecule is [O]C(F)(OC(F)(F)F)C(F)(F)F. The predicted molar refractivity (Wildman–Crippen MR) is 17.7 cm³/mol. The molecule has 1 atom stereocenters. The zero-order chi connectivity index (χ0) is 10.2. The minimum Gasteiger partial charge on any atom is -0.220 e. The van der Waals surface area contributed by atoms with Crippen LogP contribution in [0.2, 0.25) is 0 Å².